The zero-order chi connectivity index (χ0) is 22.6. The molecule has 2 heterocycles. The molecule has 0 unspecified atom stereocenters. The van der Waals surface area contributed by atoms with Crippen molar-refractivity contribution in [1.82, 2.24) is 19.6 Å². The number of hydrogen-bond donors (Lipinski definition) is 1. The first-order valence-electron chi connectivity index (χ1n) is 10.3. The van der Waals surface area contributed by atoms with E-state index in [1.165, 1.54) is 12.1 Å². The third kappa shape index (κ3) is 5.93. The number of piperazine rings is 1. The Bertz CT molecular complexity index is 1040. The van der Waals surface area contributed by atoms with E-state index in [4.69, 9.17) is 11.6 Å². The fraction of sp³-hybridized carbons (Fsp3) is 0.476. The van der Waals surface area contributed by atoms with Crippen molar-refractivity contribution in [2.45, 2.75) is 38.0 Å². The molecule has 1 aromatic carbocycles. The van der Waals surface area contributed by atoms with Crippen LogP contribution in [-0.2, 0) is 14.8 Å². The molecular formula is C21H28ClN5O3S. The van der Waals surface area contributed by atoms with Crippen LogP contribution in [0, 0.1) is 6.92 Å². The topological polar surface area (TPSA) is 95.5 Å². The summed E-state index contributed by atoms with van der Waals surface area (Å²) < 4.78 is 27.2. The van der Waals surface area contributed by atoms with Crippen LogP contribution in [-0.4, -0.2) is 61.9 Å². The van der Waals surface area contributed by atoms with Gasteiger partial charge in [0.25, 0.3) is 0 Å². The first-order chi connectivity index (χ1) is 14.7. The van der Waals surface area contributed by atoms with Gasteiger partial charge in [0.2, 0.25) is 15.9 Å². The monoisotopic (exact) mass is 465 g/mol. The molecule has 168 valence electrons. The molecule has 0 radical (unpaired) electrons. The molecule has 1 aromatic heterocycles. The maximum absolute atomic E-state index is 12.5. The Labute approximate surface area is 188 Å². The third-order valence-corrected chi connectivity index (χ3v) is 7.05. The number of carbonyl (C=O) groups excluding carboxylic acids is 1. The number of nitrogens with one attached hydrogen (secondary N) is 1. The fourth-order valence-corrected chi connectivity index (χ4v) is 4.92. The number of sulfonamides is 1. The average molecular weight is 466 g/mol. The predicted octanol–water partition coefficient (Wildman–Crippen LogP) is 2.58. The Morgan fingerprint density at radius 3 is 2.48 bits per heavy atom. The number of hydrogen-bond acceptors (Lipinski definition) is 6. The van der Waals surface area contributed by atoms with Gasteiger partial charge in [-0.05, 0) is 19.1 Å². The summed E-state index contributed by atoms with van der Waals surface area (Å²) in [6, 6.07) is 8.19. The summed E-state index contributed by atoms with van der Waals surface area (Å²) in [4.78, 5) is 25.6. The van der Waals surface area contributed by atoms with Gasteiger partial charge in [0, 0.05) is 56.8 Å². The van der Waals surface area contributed by atoms with Crippen molar-refractivity contribution in [3.05, 3.63) is 46.9 Å². The Balaban J connectivity index is 1.51. The number of aromatic nitrogens is 2. The number of benzene rings is 1. The van der Waals surface area contributed by atoms with Crippen LogP contribution in [0.5, 0.6) is 0 Å². The molecule has 0 saturated carbocycles. The van der Waals surface area contributed by atoms with E-state index in [1.54, 1.807) is 17.0 Å². The lowest BCUT2D eigenvalue weighted by atomic mass is 10.2. The molecule has 1 aliphatic heterocycles. The van der Waals surface area contributed by atoms with Crippen molar-refractivity contribution in [3.63, 3.8) is 0 Å². The van der Waals surface area contributed by atoms with Gasteiger partial charge in [-0.2, -0.15) is 0 Å². The Kier molecular flexibility index (Phi) is 7.51. The van der Waals surface area contributed by atoms with E-state index in [2.05, 4.69) is 33.4 Å². The van der Waals surface area contributed by atoms with E-state index in [0.717, 1.165) is 17.3 Å². The molecule has 0 aliphatic carbocycles. The smallest absolute Gasteiger partial charge is 0.242 e. The van der Waals surface area contributed by atoms with Crippen molar-refractivity contribution in [2.75, 3.05) is 37.6 Å². The maximum Gasteiger partial charge on any atom is 0.242 e. The van der Waals surface area contributed by atoms with Crippen LogP contribution >= 0.6 is 11.6 Å². The number of aryl methyl sites for hydroxylation is 1. The Morgan fingerprint density at radius 1 is 1.16 bits per heavy atom. The minimum absolute atomic E-state index is 0.0126. The number of nitrogens with zero attached hydrogens (tertiary/aromatic N) is 4. The van der Waals surface area contributed by atoms with E-state index in [0.29, 0.717) is 26.2 Å². The summed E-state index contributed by atoms with van der Waals surface area (Å²) >= 11 is 5.96. The van der Waals surface area contributed by atoms with Gasteiger partial charge >= 0.3 is 0 Å². The van der Waals surface area contributed by atoms with Crippen LogP contribution in [0.2, 0.25) is 5.02 Å². The van der Waals surface area contributed by atoms with Gasteiger partial charge in [0.15, 0.2) is 0 Å². The summed E-state index contributed by atoms with van der Waals surface area (Å²) in [7, 11) is -3.75. The van der Waals surface area contributed by atoms with Gasteiger partial charge in [0.05, 0.1) is 5.02 Å². The summed E-state index contributed by atoms with van der Waals surface area (Å²) in [5.74, 6) is 1.87. The second kappa shape index (κ2) is 9.93. The van der Waals surface area contributed by atoms with Crippen LogP contribution < -0.4 is 9.62 Å². The van der Waals surface area contributed by atoms with E-state index >= 15 is 0 Å². The van der Waals surface area contributed by atoms with Crippen LogP contribution in [0.4, 0.5) is 5.82 Å². The van der Waals surface area contributed by atoms with E-state index in [9.17, 15) is 13.2 Å². The zero-order valence-corrected chi connectivity index (χ0v) is 19.6. The van der Waals surface area contributed by atoms with Crippen molar-refractivity contribution in [3.8, 4) is 0 Å². The minimum atomic E-state index is -3.75. The first-order valence-corrected chi connectivity index (χ1v) is 12.2. The molecule has 1 N–H and O–H groups in total. The van der Waals surface area contributed by atoms with E-state index < -0.39 is 10.0 Å². The van der Waals surface area contributed by atoms with Gasteiger partial charge in [-0.1, -0.05) is 37.6 Å². The third-order valence-electron chi connectivity index (χ3n) is 5.09. The maximum atomic E-state index is 12.5. The second-order valence-corrected chi connectivity index (χ2v) is 9.97. The molecule has 1 aliphatic rings. The van der Waals surface area contributed by atoms with Crippen molar-refractivity contribution >= 4 is 33.3 Å². The molecule has 1 saturated heterocycles. The summed E-state index contributed by atoms with van der Waals surface area (Å²) in [5.41, 5.74) is 0.929. The lowest BCUT2D eigenvalue weighted by Gasteiger charge is -2.35. The minimum Gasteiger partial charge on any atom is -0.353 e. The van der Waals surface area contributed by atoms with E-state index in [1.807, 2.05) is 13.0 Å². The van der Waals surface area contributed by atoms with Crippen molar-refractivity contribution in [1.29, 1.82) is 0 Å². The molecule has 1 fully saturated rings. The molecule has 10 heteroatoms. The second-order valence-electron chi connectivity index (χ2n) is 7.83. The zero-order valence-electron chi connectivity index (χ0n) is 18.0. The summed E-state index contributed by atoms with van der Waals surface area (Å²) in [6.07, 6.45) is 0.0911. The average Bonchev–Trinajstić information content (AvgIpc) is 2.73. The molecule has 2 aromatic rings. The van der Waals surface area contributed by atoms with Gasteiger partial charge in [-0.25, -0.2) is 23.1 Å². The quantitative estimate of drug-likeness (QED) is 0.675. The summed E-state index contributed by atoms with van der Waals surface area (Å²) in [6.45, 7) is 8.59. The standard InChI is InChI=1S/C21H28ClN5O3S/c1-15(2)21-24-16(3)14-19(25-21)26-10-12-27(13-11-26)20(28)8-9-23-31(29,30)18-7-5-4-6-17(18)22/h4-7,14-15,23H,8-13H2,1-3H3. The Hall–Kier alpha value is -2.23. The predicted molar refractivity (Wildman–Crippen MR) is 121 cm³/mol. The Morgan fingerprint density at radius 2 is 1.84 bits per heavy atom. The number of amides is 1. The lowest BCUT2D eigenvalue weighted by molar-refractivity contribution is -0.131. The van der Waals surface area contributed by atoms with Crippen LogP contribution in [0.25, 0.3) is 0 Å². The highest BCUT2D eigenvalue weighted by Crippen LogP contribution is 2.21. The number of carbonyl (C=O) groups is 1. The molecule has 0 bridgehead atoms. The van der Waals surface area contributed by atoms with Crippen LogP contribution in [0.1, 0.15) is 37.7 Å². The fourth-order valence-electron chi connectivity index (χ4n) is 3.37. The van der Waals surface area contributed by atoms with Gasteiger partial charge in [-0.15, -0.1) is 0 Å². The molecular weight excluding hydrogens is 438 g/mol. The lowest BCUT2D eigenvalue weighted by Crippen LogP contribution is -2.49. The molecule has 8 nitrogen and oxygen atoms in total. The van der Waals surface area contributed by atoms with Gasteiger partial charge in [-0.3, -0.25) is 4.79 Å². The highest BCUT2D eigenvalue weighted by molar-refractivity contribution is 7.89. The van der Waals surface area contributed by atoms with Crippen LogP contribution in [0.15, 0.2) is 35.2 Å². The highest BCUT2D eigenvalue weighted by Gasteiger charge is 2.23. The number of halogens is 1. The van der Waals surface area contributed by atoms with Crippen molar-refractivity contribution in [2.24, 2.45) is 0 Å². The SMILES string of the molecule is Cc1cc(N2CCN(C(=O)CCNS(=O)(=O)c3ccccc3Cl)CC2)nc(C(C)C)n1. The summed E-state index contributed by atoms with van der Waals surface area (Å²) in [5, 5.41) is 0.151. The molecule has 0 spiro atoms. The molecule has 0 atom stereocenters. The van der Waals surface area contributed by atoms with E-state index in [-0.39, 0.29) is 34.7 Å². The number of anilines is 1. The highest BCUT2D eigenvalue weighted by atomic mass is 35.5. The van der Waals surface area contributed by atoms with Gasteiger partial charge in [0.1, 0.15) is 16.5 Å². The largest absolute Gasteiger partial charge is 0.353 e. The number of rotatable bonds is 7. The first kappa shape index (κ1) is 23.4. The van der Waals surface area contributed by atoms with Gasteiger partial charge < -0.3 is 9.80 Å². The van der Waals surface area contributed by atoms with Crippen molar-refractivity contribution < 1.29 is 13.2 Å². The normalized spacial score (nSPS) is 14.9. The molecule has 1 amide bonds. The van der Waals surface area contributed by atoms with Crippen LogP contribution in [0.3, 0.4) is 0 Å². The molecule has 31 heavy (non-hydrogen) atoms. The molecule has 3 rings (SSSR count).